The minimum absolute atomic E-state index is 0.0569. The van der Waals surface area contributed by atoms with E-state index in [-0.39, 0.29) is 11.9 Å². The van der Waals surface area contributed by atoms with Crippen LogP contribution >= 0.6 is 11.6 Å². The molecule has 1 unspecified atom stereocenters. The van der Waals surface area contributed by atoms with Gasteiger partial charge in [-0.2, -0.15) is 0 Å². The molecule has 1 aromatic rings. The van der Waals surface area contributed by atoms with Crippen molar-refractivity contribution in [3.63, 3.8) is 0 Å². The molecule has 1 amide bonds. The third kappa shape index (κ3) is 2.22. The van der Waals surface area contributed by atoms with Crippen molar-refractivity contribution >= 4 is 17.5 Å². The van der Waals surface area contributed by atoms with E-state index in [1.54, 1.807) is 12.1 Å². The van der Waals surface area contributed by atoms with Crippen molar-refractivity contribution in [1.82, 2.24) is 4.90 Å². The summed E-state index contributed by atoms with van der Waals surface area (Å²) < 4.78 is 0. The maximum Gasteiger partial charge on any atom is 0.255 e. The summed E-state index contributed by atoms with van der Waals surface area (Å²) >= 11 is 6.06. The fourth-order valence-corrected chi connectivity index (χ4v) is 3.24. The molecule has 0 radical (unpaired) electrons. The Labute approximate surface area is 123 Å². The number of halogens is 1. The molecule has 0 saturated heterocycles. The van der Waals surface area contributed by atoms with Gasteiger partial charge in [-0.05, 0) is 48.9 Å². The van der Waals surface area contributed by atoms with Crippen LogP contribution in [0.2, 0.25) is 5.02 Å². The number of fused-ring (bicyclic) bond motifs is 1. The summed E-state index contributed by atoms with van der Waals surface area (Å²) in [5.41, 5.74) is 1.80. The van der Waals surface area contributed by atoms with Crippen molar-refractivity contribution < 1.29 is 15.0 Å². The zero-order valence-corrected chi connectivity index (χ0v) is 12.1. The SMILES string of the molecule is C[C@@H](C1CC1)N1Cc2cc(Cl)cc(C(O)CO)c2C1=O. The van der Waals surface area contributed by atoms with E-state index in [4.69, 9.17) is 16.7 Å². The summed E-state index contributed by atoms with van der Waals surface area (Å²) in [4.78, 5) is 14.5. The van der Waals surface area contributed by atoms with Gasteiger partial charge < -0.3 is 15.1 Å². The second-order valence-corrected chi connectivity index (χ2v) is 6.18. The molecule has 3 rings (SSSR count). The monoisotopic (exact) mass is 295 g/mol. The number of amides is 1. The van der Waals surface area contributed by atoms with E-state index in [9.17, 15) is 9.90 Å². The van der Waals surface area contributed by atoms with Crippen LogP contribution in [0.4, 0.5) is 0 Å². The molecule has 4 nitrogen and oxygen atoms in total. The molecule has 108 valence electrons. The summed E-state index contributed by atoms with van der Waals surface area (Å²) in [6.45, 7) is 2.20. The standard InChI is InChI=1S/C15H18ClNO3/c1-8(9-2-3-9)17-6-10-4-11(16)5-12(13(19)7-18)14(10)15(17)20/h4-5,8-9,13,18-19H,2-3,6-7H2,1H3/t8-,13?/m0/s1. The minimum atomic E-state index is -1.07. The van der Waals surface area contributed by atoms with Crippen LogP contribution in [-0.4, -0.2) is 33.7 Å². The van der Waals surface area contributed by atoms with E-state index in [2.05, 4.69) is 6.92 Å². The van der Waals surface area contributed by atoms with E-state index in [0.29, 0.717) is 28.6 Å². The lowest BCUT2D eigenvalue weighted by molar-refractivity contribution is 0.0682. The summed E-state index contributed by atoms with van der Waals surface area (Å²) in [7, 11) is 0. The number of aliphatic hydroxyl groups is 2. The Bertz CT molecular complexity index is 556. The smallest absolute Gasteiger partial charge is 0.255 e. The number of nitrogens with zero attached hydrogens (tertiary/aromatic N) is 1. The first-order valence-electron chi connectivity index (χ1n) is 6.95. The van der Waals surface area contributed by atoms with Gasteiger partial charge in [0.25, 0.3) is 5.91 Å². The van der Waals surface area contributed by atoms with Gasteiger partial charge in [-0.25, -0.2) is 0 Å². The number of carbonyl (C=O) groups excluding carboxylic acids is 1. The zero-order valence-electron chi connectivity index (χ0n) is 11.3. The average molecular weight is 296 g/mol. The van der Waals surface area contributed by atoms with Gasteiger partial charge in [-0.15, -0.1) is 0 Å². The van der Waals surface area contributed by atoms with Gasteiger partial charge in [0.15, 0.2) is 0 Å². The third-order valence-electron chi connectivity index (χ3n) is 4.36. The van der Waals surface area contributed by atoms with E-state index in [1.165, 1.54) is 12.8 Å². The highest BCUT2D eigenvalue weighted by Crippen LogP contribution is 2.40. The number of hydrogen-bond acceptors (Lipinski definition) is 3. The van der Waals surface area contributed by atoms with Gasteiger partial charge in [0.05, 0.1) is 12.2 Å². The largest absolute Gasteiger partial charge is 0.393 e. The average Bonchev–Trinajstić information content (AvgIpc) is 3.21. The Kier molecular flexibility index (Phi) is 3.48. The maximum atomic E-state index is 12.6. The molecular formula is C15H18ClNO3. The summed E-state index contributed by atoms with van der Waals surface area (Å²) in [5, 5.41) is 19.5. The first-order valence-corrected chi connectivity index (χ1v) is 7.33. The molecule has 1 heterocycles. The van der Waals surface area contributed by atoms with Crippen molar-refractivity contribution in [2.24, 2.45) is 5.92 Å². The first kappa shape index (κ1) is 13.9. The predicted octanol–water partition coefficient (Wildman–Crippen LogP) is 2.12. The molecule has 1 aromatic carbocycles. The lowest BCUT2D eigenvalue weighted by atomic mass is 9.99. The lowest BCUT2D eigenvalue weighted by Crippen LogP contribution is -2.35. The Morgan fingerprint density at radius 3 is 2.75 bits per heavy atom. The number of rotatable bonds is 4. The Hall–Kier alpha value is -1.10. The summed E-state index contributed by atoms with van der Waals surface area (Å²) in [6, 6.07) is 3.57. The molecule has 20 heavy (non-hydrogen) atoms. The quantitative estimate of drug-likeness (QED) is 0.894. The van der Waals surface area contributed by atoms with E-state index >= 15 is 0 Å². The predicted molar refractivity (Wildman–Crippen MR) is 75.6 cm³/mol. The van der Waals surface area contributed by atoms with Crippen molar-refractivity contribution in [2.75, 3.05) is 6.61 Å². The van der Waals surface area contributed by atoms with Crippen LogP contribution in [0.1, 0.15) is 47.4 Å². The minimum Gasteiger partial charge on any atom is -0.393 e. The third-order valence-corrected chi connectivity index (χ3v) is 4.58. The molecule has 0 bridgehead atoms. The van der Waals surface area contributed by atoms with Crippen LogP contribution in [0, 0.1) is 5.92 Å². The van der Waals surface area contributed by atoms with Gasteiger partial charge in [0, 0.05) is 17.6 Å². The fraction of sp³-hybridized carbons (Fsp3) is 0.533. The molecule has 2 aliphatic rings. The van der Waals surface area contributed by atoms with E-state index < -0.39 is 12.7 Å². The van der Waals surface area contributed by atoms with E-state index in [0.717, 1.165) is 5.56 Å². The van der Waals surface area contributed by atoms with Gasteiger partial charge in [0.2, 0.25) is 0 Å². The van der Waals surface area contributed by atoms with E-state index in [1.807, 2.05) is 4.90 Å². The molecule has 0 spiro atoms. The highest BCUT2D eigenvalue weighted by molar-refractivity contribution is 6.31. The van der Waals surface area contributed by atoms with Crippen molar-refractivity contribution in [3.8, 4) is 0 Å². The van der Waals surface area contributed by atoms with Gasteiger partial charge in [-0.1, -0.05) is 11.6 Å². The molecule has 5 heteroatoms. The zero-order chi connectivity index (χ0) is 14.4. The second-order valence-electron chi connectivity index (χ2n) is 5.74. The van der Waals surface area contributed by atoms with Crippen LogP contribution in [0.5, 0.6) is 0 Å². The van der Waals surface area contributed by atoms with Crippen LogP contribution in [0.15, 0.2) is 12.1 Å². The van der Waals surface area contributed by atoms with Crippen molar-refractivity contribution in [3.05, 3.63) is 33.8 Å². The second kappa shape index (κ2) is 5.02. The normalized spacial score (nSPS) is 21.0. The van der Waals surface area contributed by atoms with Gasteiger partial charge >= 0.3 is 0 Å². The van der Waals surface area contributed by atoms with Gasteiger partial charge in [-0.3, -0.25) is 4.79 Å². The molecule has 1 fully saturated rings. The van der Waals surface area contributed by atoms with Crippen LogP contribution < -0.4 is 0 Å². The number of carbonyl (C=O) groups is 1. The fourth-order valence-electron chi connectivity index (χ4n) is 2.99. The number of hydrogen-bond donors (Lipinski definition) is 2. The Balaban J connectivity index is 1.99. The number of aliphatic hydroxyl groups excluding tert-OH is 2. The molecule has 2 atom stereocenters. The summed E-state index contributed by atoms with van der Waals surface area (Å²) in [6.07, 6.45) is 1.28. The lowest BCUT2D eigenvalue weighted by Gasteiger charge is -2.24. The highest BCUT2D eigenvalue weighted by Gasteiger charge is 2.40. The summed E-state index contributed by atoms with van der Waals surface area (Å²) in [5.74, 6) is 0.536. The van der Waals surface area contributed by atoms with Crippen LogP contribution in [0.3, 0.4) is 0 Å². The molecule has 1 aliphatic carbocycles. The maximum absolute atomic E-state index is 12.6. The number of benzene rings is 1. The Morgan fingerprint density at radius 2 is 2.15 bits per heavy atom. The van der Waals surface area contributed by atoms with Crippen molar-refractivity contribution in [1.29, 1.82) is 0 Å². The van der Waals surface area contributed by atoms with Crippen LogP contribution in [-0.2, 0) is 6.54 Å². The van der Waals surface area contributed by atoms with Crippen molar-refractivity contribution in [2.45, 2.75) is 38.5 Å². The topological polar surface area (TPSA) is 60.8 Å². The Morgan fingerprint density at radius 1 is 1.45 bits per heavy atom. The van der Waals surface area contributed by atoms with Gasteiger partial charge in [0.1, 0.15) is 6.10 Å². The molecular weight excluding hydrogens is 278 g/mol. The van der Waals surface area contributed by atoms with Crippen LogP contribution in [0.25, 0.3) is 0 Å². The molecule has 0 aromatic heterocycles. The highest BCUT2D eigenvalue weighted by atomic mass is 35.5. The first-order chi connectivity index (χ1) is 9.52. The molecule has 2 N–H and O–H groups in total. The molecule has 1 aliphatic heterocycles. The molecule has 1 saturated carbocycles.